The van der Waals surface area contributed by atoms with E-state index in [1.54, 1.807) is 19.1 Å². The maximum Gasteiger partial charge on any atom is 0.126 e. The Morgan fingerprint density at radius 3 is 2.67 bits per heavy atom. The molecule has 1 aromatic carbocycles. The van der Waals surface area contributed by atoms with E-state index in [0.29, 0.717) is 5.56 Å². The average Bonchev–Trinajstić information content (AvgIpc) is 2.24. The van der Waals surface area contributed by atoms with Gasteiger partial charge in [-0.1, -0.05) is 18.2 Å². The van der Waals surface area contributed by atoms with E-state index in [1.807, 2.05) is 38.4 Å². The van der Waals surface area contributed by atoms with E-state index >= 15 is 0 Å². The van der Waals surface area contributed by atoms with Crippen molar-refractivity contribution < 1.29 is 4.39 Å². The molecule has 0 aliphatic heterocycles. The van der Waals surface area contributed by atoms with Crippen LogP contribution in [0.25, 0.3) is 5.57 Å². The van der Waals surface area contributed by atoms with Crippen molar-refractivity contribution in [3.63, 3.8) is 0 Å². The number of hydrogen-bond acceptors (Lipinski definition) is 1. The second kappa shape index (κ2) is 5.35. The molecule has 0 aliphatic rings. The van der Waals surface area contributed by atoms with Crippen LogP contribution in [0.5, 0.6) is 0 Å². The molecule has 0 saturated heterocycles. The van der Waals surface area contributed by atoms with Crippen LogP contribution in [0.2, 0.25) is 0 Å². The molecule has 0 saturated carbocycles. The number of halogens is 1. The Bertz CT molecular complexity index is 392. The summed E-state index contributed by atoms with van der Waals surface area (Å²) >= 11 is 0. The second-order valence-corrected chi connectivity index (χ2v) is 3.33. The Labute approximate surface area is 90.3 Å². The van der Waals surface area contributed by atoms with E-state index in [1.165, 1.54) is 0 Å². The van der Waals surface area contributed by atoms with Crippen LogP contribution >= 0.6 is 0 Å². The van der Waals surface area contributed by atoms with Crippen LogP contribution in [0.15, 0.2) is 36.6 Å². The molecule has 0 aliphatic carbocycles. The summed E-state index contributed by atoms with van der Waals surface area (Å²) in [5.74, 6) is -0.162. The van der Waals surface area contributed by atoms with Gasteiger partial charge >= 0.3 is 0 Å². The maximum absolute atomic E-state index is 13.3. The number of aryl methyl sites for hydroxylation is 1. The van der Waals surface area contributed by atoms with Gasteiger partial charge in [0.25, 0.3) is 0 Å². The maximum atomic E-state index is 13.3. The summed E-state index contributed by atoms with van der Waals surface area (Å²) in [5.41, 5.74) is 2.57. The zero-order chi connectivity index (χ0) is 11.3. The predicted octanol–water partition coefficient (Wildman–Crippen LogP) is 3.27. The van der Waals surface area contributed by atoms with Crippen LogP contribution in [-0.4, -0.2) is 7.05 Å². The molecular weight excluding hydrogens is 189 g/mol. The molecule has 0 radical (unpaired) electrons. The minimum absolute atomic E-state index is 0.162. The first-order valence-corrected chi connectivity index (χ1v) is 4.95. The third kappa shape index (κ3) is 2.94. The van der Waals surface area contributed by atoms with Gasteiger partial charge in [0.15, 0.2) is 0 Å². The van der Waals surface area contributed by atoms with Gasteiger partial charge in [0.05, 0.1) is 0 Å². The first-order chi connectivity index (χ1) is 7.19. The van der Waals surface area contributed by atoms with E-state index in [4.69, 9.17) is 0 Å². The van der Waals surface area contributed by atoms with Crippen LogP contribution in [0.4, 0.5) is 4.39 Å². The molecular formula is C13H16FN. The van der Waals surface area contributed by atoms with E-state index in [9.17, 15) is 4.39 Å². The van der Waals surface area contributed by atoms with Gasteiger partial charge in [-0.25, -0.2) is 4.39 Å². The number of allylic oxidation sites excluding steroid dienone is 3. The molecule has 0 atom stereocenters. The van der Waals surface area contributed by atoms with E-state index in [0.717, 1.165) is 11.1 Å². The van der Waals surface area contributed by atoms with Crippen molar-refractivity contribution >= 4 is 5.57 Å². The lowest BCUT2D eigenvalue weighted by Crippen LogP contribution is -1.92. The molecule has 1 rings (SSSR count). The van der Waals surface area contributed by atoms with Gasteiger partial charge in [-0.15, -0.1) is 0 Å². The SMILES string of the molecule is C/C=C(\C=C/NC)c1ccc(C)c(F)c1. The number of nitrogens with one attached hydrogen (secondary N) is 1. The highest BCUT2D eigenvalue weighted by Crippen LogP contribution is 2.18. The summed E-state index contributed by atoms with van der Waals surface area (Å²) in [6, 6.07) is 5.28. The first-order valence-electron chi connectivity index (χ1n) is 4.95. The molecule has 15 heavy (non-hydrogen) atoms. The fourth-order valence-corrected chi connectivity index (χ4v) is 1.30. The molecule has 0 unspecified atom stereocenters. The van der Waals surface area contributed by atoms with E-state index in [2.05, 4.69) is 5.32 Å². The molecule has 80 valence electrons. The molecule has 0 amide bonds. The summed E-state index contributed by atoms with van der Waals surface area (Å²) in [4.78, 5) is 0. The van der Waals surface area contributed by atoms with Crippen LogP contribution < -0.4 is 5.32 Å². The minimum atomic E-state index is -0.162. The topological polar surface area (TPSA) is 12.0 Å². The van der Waals surface area contributed by atoms with E-state index in [-0.39, 0.29) is 5.82 Å². The number of hydrogen-bond donors (Lipinski definition) is 1. The van der Waals surface area contributed by atoms with Crippen molar-refractivity contribution in [3.05, 3.63) is 53.5 Å². The highest BCUT2D eigenvalue weighted by molar-refractivity contribution is 5.73. The lowest BCUT2D eigenvalue weighted by molar-refractivity contribution is 0.618. The smallest absolute Gasteiger partial charge is 0.126 e. The first kappa shape index (κ1) is 11.5. The van der Waals surface area contributed by atoms with Gasteiger partial charge in [0, 0.05) is 7.05 Å². The van der Waals surface area contributed by atoms with Crippen LogP contribution in [0, 0.1) is 12.7 Å². The summed E-state index contributed by atoms with van der Waals surface area (Å²) < 4.78 is 13.3. The minimum Gasteiger partial charge on any atom is -0.394 e. The number of rotatable bonds is 3. The van der Waals surface area contributed by atoms with Crippen molar-refractivity contribution in [3.8, 4) is 0 Å². The van der Waals surface area contributed by atoms with Crippen molar-refractivity contribution in [2.75, 3.05) is 7.05 Å². The predicted molar refractivity (Wildman–Crippen MR) is 63.0 cm³/mol. The second-order valence-electron chi connectivity index (χ2n) is 3.33. The molecule has 0 aromatic heterocycles. The summed E-state index contributed by atoms with van der Waals surface area (Å²) in [6.45, 7) is 3.70. The summed E-state index contributed by atoms with van der Waals surface area (Å²) in [7, 11) is 1.83. The van der Waals surface area contributed by atoms with E-state index < -0.39 is 0 Å². The third-order valence-electron chi connectivity index (χ3n) is 2.25. The van der Waals surface area contributed by atoms with Gasteiger partial charge in [0.1, 0.15) is 5.82 Å². The molecule has 0 spiro atoms. The zero-order valence-electron chi connectivity index (χ0n) is 9.34. The number of benzene rings is 1. The monoisotopic (exact) mass is 205 g/mol. The van der Waals surface area contributed by atoms with Gasteiger partial charge in [-0.3, -0.25) is 0 Å². The van der Waals surface area contributed by atoms with Crippen molar-refractivity contribution in [1.29, 1.82) is 0 Å². The van der Waals surface area contributed by atoms with Crippen molar-refractivity contribution in [2.45, 2.75) is 13.8 Å². The Hall–Kier alpha value is -1.57. The lowest BCUT2D eigenvalue weighted by atomic mass is 10.0. The largest absolute Gasteiger partial charge is 0.394 e. The van der Waals surface area contributed by atoms with Crippen LogP contribution in [0.1, 0.15) is 18.1 Å². The normalized spacial score (nSPS) is 12.1. The van der Waals surface area contributed by atoms with Crippen LogP contribution in [0.3, 0.4) is 0 Å². The quantitative estimate of drug-likeness (QED) is 0.747. The van der Waals surface area contributed by atoms with Gasteiger partial charge < -0.3 is 5.32 Å². The van der Waals surface area contributed by atoms with Crippen molar-refractivity contribution in [2.24, 2.45) is 0 Å². The van der Waals surface area contributed by atoms with Gasteiger partial charge in [-0.2, -0.15) is 0 Å². The fourth-order valence-electron chi connectivity index (χ4n) is 1.30. The molecule has 0 heterocycles. The standard InChI is InChI=1S/C13H16FN/c1-4-11(7-8-15-3)12-6-5-10(2)13(14)9-12/h4-9,15H,1-3H3/b8-7-,11-4+. The van der Waals surface area contributed by atoms with Gasteiger partial charge in [-0.05, 0) is 48.9 Å². The Kier molecular flexibility index (Phi) is 4.10. The lowest BCUT2D eigenvalue weighted by Gasteiger charge is -2.04. The molecule has 1 N–H and O–H groups in total. The molecule has 0 bridgehead atoms. The zero-order valence-corrected chi connectivity index (χ0v) is 9.34. The summed E-state index contributed by atoms with van der Waals surface area (Å²) in [6.07, 6.45) is 5.70. The molecule has 1 nitrogen and oxygen atoms in total. The summed E-state index contributed by atoms with van der Waals surface area (Å²) in [5, 5.41) is 2.91. The molecule has 2 heteroatoms. The van der Waals surface area contributed by atoms with Crippen molar-refractivity contribution in [1.82, 2.24) is 5.32 Å². The molecule has 0 fully saturated rings. The highest BCUT2D eigenvalue weighted by Gasteiger charge is 2.01. The highest BCUT2D eigenvalue weighted by atomic mass is 19.1. The molecule has 1 aromatic rings. The third-order valence-corrected chi connectivity index (χ3v) is 2.25. The van der Waals surface area contributed by atoms with Crippen LogP contribution in [-0.2, 0) is 0 Å². The average molecular weight is 205 g/mol. The fraction of sp³-hybridized carbons (Fsp3) is 0.231. The van der Waals surface area contributed by atoms with Gasteiger partial charge in [0.2, 0.25) is 0 Å². The Morgan fingerprint density at radius 2 is 2.13 bits per heavy atom. The Balaban J connectivity index is 3.04. The Morgan fingerprint density at radius 1 is 1.40 bits per heavy atom.